The lowest BCUT2D eigenvalue weighted by Crippen LogP contribution is -2.25. The predicted octanol–water partition coefficient (Wildman–Crippen LogP) is 4.21. The molecule has 0 spiro atoms. The van der Waals surface area contributed by atoms with E-state index in [-0.39, 0.29) is 24.0 Å². The normalized spacial score (nSPS) is 17.7. The molecule has 0 bridgehead atoms. The van der Waals surface area contributed by atoms with Crippen LogP contribution in [0.15, 0.2) is 36.5 Å². The van der Waals surface area contributed by atoms with E-state index >= 15 is 0 Å². The molecule has 1 atom stereocenters. The van der Waals surface area contributed by atoms with Gasteiger partial charge in [-0.3, -0.25) is 14.7 Å². The van der Waals surface area contributed by atoms with E-state index in [2.05, 4.69) is 15.2 Å². The highest BCUT2D eigenvalue weighted by molar-refractivity contribution is 5.72. The number of pyridine rings is 1. The Morgan fingerprint density at radius 2 is 2.00 bits per heavy atom. The molecule has 2 heterocycles. The zero-order valence-corrected chi connectivity index (χ0v) is 15.4. The third kappa shape index (κ3) is 4.86. The van der Waals surface area contributed by atoms with Crippen molar-refractivity contribution >= 4 is 5.91 Å². The molecule has 1 aromatic carbocycles. The molecule has 1 aliphatic heterocycles. The van der Waals surface area contributed by atoms with Gasteiger partial charge in [-0.25, -0.2) is 4.39 Å². The first-order valence-electron chi connectivity index (χ1n) is 9.03. The van der Waals surface area contributed by atoms with Crippen molar-refractivity contribution in [2.45, 2.75) is 45.1 Å². The third-order valence-corrected chi connectivity index (χ3v) is 4.84. The summed E-state index contributed by atoms with van der Waals surface area (Å²) in [5.41, 5.74) is 0.416. The van der Waals surface area contributed by atoms with Gasteiger partial charge in [-0.1, -0.05) is 12.1 Å². The maximum Gasteiger partial charge on any atom is 0.416 e. The van der Waals surface area contributed by atoms with E-state index in [0.29, 0.717) is 18.7 Å². The SMILES string of the molecule is CC(=O)NCc1cnc(C2CCCN2Cc2ccc(F)cc2)cc1C(F)(F)F. The third-order valence-electron chi connectivity index (χ3n) is 4.84. The lowest BCUT2D eigenvalue weighted by atomic mass is 10.0. The molecule has 1 amide bonds. The summed E-state index contributed by atoms with van der Waals surface area (Å²) in [6.07, 6.45) is -1.78. The number of amides is 1. The number of benzene rings is 1. The van der Waals surface area contributed by atoms with Crippen LogP contribution in [0.5, 0.6) is 0 Å². The summed E-state index contributed by atoms with van der Waals surface area (Å²) in [5.74, 6) is -0.730. The van der Waals surface area contributed by atoms with E-state index in [9.17, 15) is 22.4 Å². The summed E-state index contributed by atoms with van der Waals surface area (Å²) >= 11 is 0. The van der Waals surface area contributed by atoms with Crippen molar-refractivity contribution < 1.29 is 22.4 Å². The molecule has 1 fully saturated rings. The van der Waals surface area contributed by atoms with E-state index < -0.39 is 17.6 Å². The molecule has 8 heteroatoms. The number of aromatic nitrogens is 1. The second kappa shape index (κ2) is 8.26. The van der Waals surface area contributed by atoms with E-state index in [0.717, 1.165) is 24.6 Å². The first-order chi connectivity index (χ1) is 13.2. The fourth-order valence-corrected chi connectivity index (χ4v) is 3.48. The molecule has 3 rings (SSSR count). The Hall–Kier alpha value is -2.48. The fraction of sp³-hybridized carbons (Fsp3) is 0.400. The Bertz CT molecular complexity index is 836. The van der Waals surface area contributed by atoms with Crippen molar-refractivity contribution in [1.29, 1.82) is 0 Å². The number of rotatable bonds is 5. The first kappa shape index (κ1) is 20.3. The van der Waals surface area contributed by atoms with Crippen LogP contribution in [0.1, 0.15) is 48.2 Å². The van der Waals surface area contributed by atoms with Gasteiger partial charge in [-0.05, 0) is 43.1 Å². The number of halogens is 4. The van der Waals surface area contributed by atoms with E-state index in [1.165, 1.54) is 25.3 Å². The number of likely N-dealkylation sites (tertiary alicyclic amines) is 1. The fourth-order valence-electron chi connectivity index (χ4n) is 3.48. The molecule has 1 unspecified atom stereocenters. The zero-order valence-electron chi connectivity index (χ0n) is 15.4. The average molecular weight is 395 g/mol. The Labute approximate surface area is 160 Å². The number of carbonyl (C=O) groups is 1. The van der Waals surface area contributed by atoms with Crippen molar-refractivity contribution in [2.24, 2.45) is 0 Å². The smallest absolute Gasteiger partial charge is 0.352 e. The number of hydrogen-bond donors (Lipinski definition) is 1. The van der Waals surface area contributed by atoms with Gasteiger partial charge >= 0.3 is 6.18 Å². The lowest BCUT2D eigenvalue weighted by molar-refractivity contribution is -0.138. The summed E-state index contributed by atoms with van der Waals surface area (Å²) in [6.45, 7) is 2.28. The molecule has 1 saturated heterocycles. The number of nitrogens with one attached hydrogen (secondary N) is 1. The Kier molecular flexibility index (Phi) is 5.98. The standard InChI is InChI=1S/C20H21F4N3O/c1-13(28)25-10-15-11-26-18(9-17(15)20(22,23)24)19-3-2-8-27(19)12-14-4-6-16(21)7-5-14/h4-7,9,11,19H,2-3,8,10,12H2,1H3,(H,25,28). The molecule has 2 aromatic rings. The molecule has 4 nitrogen and oxygen atoms in total. The van der Waals surface area contributed by atoms with Crippen LogP contribution in [0.2, 0.25) is 0 Å². The molecule has 0 aliphatic carbocycles. The second-order valence-electron chi connectivity index (χ2n) is 6.93. The van der Waals surface area contributed by atoms with E-state index in [1.807, 2.05) is 0 Å². The second-order valence-corrected chi connectivity index (χ2v) is 6.93. The lowest BCUT2D eigenvalue weighted by Gasteiger charge is -2.25. The molecule has 1 N–H and O–H groups in total. The molecular formula is C20H21F4N3O. The largest absolute Gasteiger partial charge is 0.416 e. The van der Waals surface area contributed by atoms with Crippen LogP contribution < -0.4 is 5.32 Å². The van der Waals surface area contributed by atoms with Gasteiger partial charge in [0.25, 0.3) is 0 Å². The minimum Gasteiger partial charge on any atom is -0.352 e. The van der Waals surface area contributed by atoms with Gasteiger partial charge in [0.1, 0.15) is 5.82 Å². The molecule has 1 aromatic heterocycles. The van der Waals surface area contributed by atoms with Gasteiger partial charge in [-0.15, -0.1) is 0 Å². The van der Waals surface area contributed by atoms with Crippen LogP contribution in [-0.2, 0) is 24.1 Å². The Morgan fingerprint density at radius 1 is 1.29 bits per heavy atom. The minimum atomic E-state index is -4.54. The van der Waals surface area contributed by atoms with Gasteiger partial charge in [0.05, 0.1) is 17.3 Å². The zero-order chi connectivity index (χ0) is 20.3. The van der Waals surface area contributed by atoms with Crippen LogP contribution in [0.3, 0.4) is 0 Å². The maximum absolute atomic E-state index is 13.5. The molecule has 150 valence electrons. The topological polar surface area (TPSA) is 45.2 Å². The van der Waals surface area contributed by atoms with E-state index in [1.54, 1.807) is 12.1 Å². The average Bonchev–Trinajstić information content (AvgIpc) is 3.09. The Balaban J connectivity index is 1.84. The molecule has 28 heavy (non-hydrogen) atoms. The molecule has 1 aliphatic rings. The van der Waals surface area contributed by atoms with Crippen molar-refractivity contribution in [3.63, 3.8) is 0 Å². The van der Waals surface area contributed by atoms with Crippen molar-refractivity contribution in [2.75, 3.05) is 6.54 Å². The molecule has 0 saturated carbocycles. The van der Waals surface area contributed by atoms with E-state index in [4.69, 9.17) is 0 Å². The number of alkyl halides is 3. The van der Waals surface area contributed by atoms with Crippen molar-refractivity contribution in [1.82, 2.24) is 15.2 Å². The summed E-state index contributed by atoms with van der Waals surface area (Å²) in [5, 5.41) is 2.39. The highest BCUT2D eigenvalue weighted by Crippen LogP contribution is 2.37. The van der Waals surface area contributed by atoms with Crippen molar-refractivity contribution in [3.8, 4) is 0 Å². The predicted molar refractivity (Wildman–Crippen MR) is 95.5 cm³/mol. The number of carbonyl (C=O) groups excluding carboxylic acids is 1. The first-order valence-corrected chi connectivity index (χ1v) is 9.03. The van der Waals surface area contributed by atoms with Crippen LogP contribution in [0.4, 0.5) is 17.6 Å². The molecular weight excluding hydrogens is 374 g/mol. The van der Waals surface area contributed by atoms with Crippen LogP contribution in [-0.4, -0.2) is 22.3 Å². The Morgan fingerprint density at radius 3 is 2.64 bits per heavy atom. The van der Waals surface area contributed by atoms with Gasteiger partial charge in [0.15, 0.2) is 0 Å². The minimum absolute atomic E-state index is 0.0606. The maximum atomic E-state index is 13.5. The van der Waals surface area contributed by atoms with Crippen molar-refractivity contribution in [3.05, 3.63) is 64.7 Å². The summed E-state index contributed by atoms with van der Waals surface area (Å²) in [6, 6.07) is 6.95. The quantitative estimate of drug-likeness (QED) is 0.772. The number of nitrogens with zero attached hydrogens (tertiary/aromatic N) is 2. The molecule has 0 radical (unpaired) electrons. The summed E-state index contributed by atoms with van der Waals surface area (Å²) < 4.78 is 53.7. The van der Waals surface area contributed by atoms with Gasteiger partial charge in [0.2, 0.25) is 5.91 Å². The van der Waals surface area contributed by atoms with Gasteiger partial charge in [-0.2, -0.15) is 13.2 Å². The number of hydrogen-bond acceptors (Lipinski definition) is 3. The van der Waals surface area contributed by atoms with Gasteiger partial charge < -0.3 is 5.32 Å². The van der Waals surface area contributed by atoms with Crippen LogP contribution in [0.25, 0.3) is 0 Å². The van der Waals surface area contributed by atoms with Crippen LogP contribution in [0, 0.1) is 5.82 Å². The highest BCUT2D eigenvalue weighted by Gasteiger charge is 2.36. The monoisotopic (exact) mass is 395 g/mol. The summed E-state index contributed by atoms with van der Waals surface area (Å²) in [7, 11) is 0. The highest BCUT2D eigenvalue weighted by atomic mass is 19.4. The van der Waals surface area contributed by atoms with Crippen LogP contribution >= 0.6 is 0 Å². The van der Waals surface area contributed by atoms with Gasteiger partial charge in [0, 0.05) is 31.8 Å². The summed E-state index contributed by atoms with van der Waals surface area (Å²) in [4.78, 5) is 17.4.